The van der Waals surface area contributed by atoms with E-state index in [2.05, 4.69) is 5.32 Å². The van der Waals surface area contributed by atoms with Crippen LogP contribution in [0.3, 0.4) is 0 Å². The number of benzene rings is 2. The first-order valence-electron chi connectivity index (χ1n) is 5.54. The van der Waals surface area contributed by atoms with Crippen LogP contribution >= 0.6 is 0 Å². The van der Waals surface area contributed by atoms with E-state index in [-0.39, 0.29) is 5.69 Å². The zero-order valence-corrected chi connectivity index (χ0v) is 10.3. The molecule has 4 nitrogen and oxygen atoms in total. The summed E-state index contributed by atoms with van der Waals surface area (Å²) < 4.78 is 52.9. The monoisotopic (exact) mass is 300 g/mol. The number of carbonyl (C=O) groups is 1. The number of nitrogen functional groups attached to an aromatic ring is 1. The summed E-state index contributed by atoms with van der Waals surface area (Å²) in [5, 5.41) is 11.2. The fourth-order valence-electron chi connectivity index (χ4n) is 1.72. The number of anilines is 3. The first kappa shape index (κ1) is 14.6. The highest BCUT2D eigenvalue weighted by Crippen LogP contribution is 2.30. The number of hydrogen-bond donors (Lipinski definition) is 3. The fourth-order valence-corrected chi connectivity index (χ4v) is 1.72. The summed E-state index contributed by atoms with van der Waals surface area (Å²) >= 11 is 0. The zero-order chi connectivity index (χ0) is 15.7. The maximum Gasteiger partial charge on any atom is 0.340 e. The van der Waals surface area contributed by atoms with Gasteiger partial charge in [0.05, 0.1) is 17.1 Å². The predicted molar refractivity (Wildman–Crippen MR) is 67.4 cm³/mol. The van der Waals surface area contributed by atoms with Crippen LogP contribution in [0.25, 0.3) is 0 Å². The Morgan fingerprint density at radius 1 is 1.05 bits per heavy atom. The van der Waals surface area contributed by atoms with Crippen LogP contribution in [-0.4, -0.2) is 11.1 Å². The molecule has 110 valence electrons. The van der Waals surface area contributed by atoms with Crippen LogP contribution < -0.4 is 11.1 Å². The van der Waals surface area contributed by atoms with E-state index in [4.69, 9.17) is 10.8 Å². The maximum absolute atomic E-state index is 13.5. The van der Waals surface area contributed by atoms with Crippen LogP contribution in [0.4, 0.5) is 34.6 Å². The molecule has 2 aromatic rings. The van der Waals surface area contributed by atoms with Gasteiger partial charge in [0.2, 0.25) is 0 Å². The minimum Gasteiger partial charge on any atom is -0.478 e. The van der Waals surface area contributed by atoms with E-state index in [1.165, 1.54) is 0 Å². The van der Waals surface area contributed by atoms with Gasteiger partial charge in [-0.25, -0.2) is 22.4 Å². The molecule has 21 heavy (non-hydrogen) atoms. The van der Waals surface area contributed by atoms with Crippen molar-refractivity contribution in [3.8, 4) is 0 Å². The fraction of sp³-hybridized carbons (Fsp3) is 0. The van der Waals surface area contributed by atoms with E-state index in [1.54, 1.807) is 0 Å². The van der Waals surface area contributed by atoms with Gasteiger partial charge in [-0.1, -0.05) is 0 Å². The summed E-state index contributed by atoms with van der Waals surface area (Å²) in [6.07, 6.45) is 0. The van der Waals surface area contributed by atoms with Crippen molar-refractivity contribution in [2.45, 2.75) is 0 Å². The molecule has 0 aliphatic rings. The second-order valence-electron chi connectivity index (χ2n) is 4.06. The summed E-state index contributed by atoms with van der Waals surface area (Å²) in [6.45, 7) is 0. The SMILES string of the molecule is Nc1c(F)ccc(Nc2cc(F)cc(F)c2F)c1C(=O)O. The van der Waals surface area contributed by atoms with E-state index in [0.29, 0.717) is 12.1 Å². The number of aromatic carboxylic acids is 1. The molecule has 0 spiro atoms. The Bertz CT molecular complexity index is 735. The molecule has 0 aliphatic heterocycles. The lowest BCUT2D eigenvalue weighted by Gasteiger charge is -2.13. The Labute approximate surface area is 115 Å². The van der Waals surface area contributed by atoms with Gasteiger partial charge in [-0.15, -0.1) is 0 Å². The summed E-state index contributed by atoms with van der Waals surface area (Å²) in [5.74, 6) is -6.49. The van der Waals surface area contributed by atoms with Crippen molar-refractivity contribution < 1.29 is 27.5 Å². The van der Waals surface area contributed by atoms with E-state index < -0.39 is 46.2 Å². The van der Waals surface area contributed by atoms with Crippen molar-refractivity contribution in [2.24, 2.45) is 0 Å². The van der Waals surface area contributed by atoms with Gasteiger partial charge in [-0.05, 0) is 12.1 Å². The number of carboxylic acid groups (broad SMARTS) is 1. The van der Waals surface area contributed by atoms with Crippen LogP contribution in [-0.2, 0) is 0 Å². The molecule has 2 aromatic carbocycles. The third-order valence-electron chi connectivity index (χ3n) is 2.67. The Kier molecular flexibility index (Phi) is 3.70. The molecule has 0 saturated heterocycles. The number of hydrogen-bond acceptors (Lipinski definition) is 3. The van der Waals surface area contributed by atoms with Crippen LogP contribution in [0.1, 0.15) is 10.4 Å². The molecule has 0 unspecified atom stereocenters. The highest BCUT2D eigenvalue weighted by molar-refractivity contribution is 6.00. The quantitative estimate of drug-likeness (QED) is 0.462. The number of nitrogens with one attached hydrogen (secondary N) is 1. The molecule has 0 heterocycles. The normalized spacial score (nSPS) is 10.5. The Hall–Kier alpha value is -2.77. The topological polar surface area (TPSA) is 75.3 Å². The molecular weight excluding hydrogens is 292 g/mol. The summed E-state index contributed by atoms with van der Waals surface area (Å²) in [4.78, 5) is 11.1. The molecule has 0 aromatic heterocycles. The second kappa shape index (κ2) is 5.31. The van der Waals surface area contributed by atoms with Gasteiger partial charge in [0.25, 0.3) is 0 Å². The summed E-state index contributed by atoms with van der Waals surface area (Å²) in [6, 6.07) is 2.77. The van der Waals surface area contributed by atoms with E-state index in [1.807, 2.05) is 0 Å². The van der Waals surface area contributed by atoms with E-state index in [9.17, 15) is 22.4 Å². The van der Waals surface area contributed by atoms with Gasteiger partial charge in [0.15, 0.2) is 11.6 Å². The number of nitrogens with two attached hydrogens (primary N) is 1. The smallest absolute Gasteiger partial charge is 0.340 e. The molecule has 2 rings (SSSR count). The molecule has 0 fully saturated rings. The molecule has 0 bridgehead atoms. The van der Waals surface area contributed by atoms with Crippen LogP contribution in [0, 0.1) is 23.3 Å². The van der Waals surface area contributed by atoms with Crippen LogP contribution in [0.15, 0.2) is 24.3 Å². The number of halogens is 4. The lowest BCUT2D eigenvalue weighted by Crippen LogP contribution is -2.09. The minimum absolute atomic E-state index is 0.301. The average Bonchev–Trinajstić information content (AvgIpc) is 2.39. The molecular formula is C13H8F4N2O2. The van der Waals surface area contributed by atoms with Gasteiger partial charge in [-0.2, -0.15) is 0 Å². The van der Waals surface area contributed by atoms with Gasteiger partial charge in [0, 0.05) is 12.1 Å². The highest BCUT2D eigenvalue weighted by Gasteiger charge is 2.19. The zero-order valence-electron chi connectivity index (χ0n) is 10.3. The van der Waals surface area contributed by atoms with Crippen molar-refractivity contribution in [1.82, 2.24) is 0 Å². The largest absolute Gasteiger partial charge is 0.478 e. The average molecular weight is 300 g/mol. The molecule has 0 saturated carbocycles. The third kappa shape index (κ3) is 2.73. The standard InChI is InChI=1S/C13H8F4N2O2/c14-5-3-7(16)11(17)9(4-5)19-8-2-1-6(15)12(18)10(8)13(20)21/h1-4,19H,18H2,(H,20,21). The van der Waals surface area contributed by atoms with Gasteiger partial charge in [0.1, 0.15) is 17.2 Å². The van der Waals surface area contributed by atoms with Gasteiger partial charge >= 0.3 is 5.97 Å². The Morgan fingerprint density at radius 3 is 2.33 bits per heavy atom. The van der Waals surface area contributed by atoms with Crippen molar-refractivity contribution in [2.75, 3.05) is 11.1 Å². The number of rotatable bonds is 3. The Balaban J connectivity index is 2.55. The van der Waals surface area contributed by atoms with Crippen LogP contribution in [0.5, 0.6) is 0 Å². The summed E-state index contributed by atoms with van der Waals surface area (Å²) in [5.41, 5.74) is 3.02. The lowest BCUT2D eigenvalue weighted by atomic mass is 10.1. The van der Waals surface area contributed by atoms with Crippen molar-refractivity contribution in [1.29, 1.82) is 0 Å². The maximum atomic E-state index is 13.5. The van der Waals surface area contributed by atoms with Crippen molar-refractivity contribution in [3.05, 3.63) is 53.1 Å². The van der Waals surface area contributed by atoms with E-state index >= 15 is 0 Å². The van der Waals surface area contributed by atoms with E-state index in [0.717, 1.165) is 12.1 Å². The first-order valence-corrected chi connectivity index (χ1v) is 5.54. The number of carboxylic acids is 1. The minimum atomic E-state index is -1.58. The van der Waals surface area contributed by atoms with Gasteiger partial charge < -0.3 is 16.2 Å². The third-order valence-corrected chi connectivity index (χ3v) is 2.67. The lowest BCUT2D eigenvalue weighted by molar-refractivity contribution is 0.0698. The molecule has 4 N–H and O–H groups in total. The molecule has 0 radical (unpaired) electrons. The van der Waals surface area contributed by atoms with Gasteiger partial charge in [-0.3, -0.25) is 0 Å². The summed E-state index contributed by atoms with van der Waals surface area (Å²) in [7, 11) is 0. The predicted octanol–water partition coefficient (Wildman–Crippen LogP) is 3.27. The molecule has 0 amide bonds. The first-order chi connectivity index (χ1) is 9.81. The molecule has 0 aliphatic carbocycles. The van der Waals surface area contributed by atoms with Crippen molar-refractivity contribution >= 4 is 23.0 Å². The Morgan fingerprint density at radius 2 is 1.71 bits per heavy atom. The van der Waals surface area contributed by atoms with Crippen LogP contribution in [0.2, 0.25) is 0 Å². The highest BCUT2D eigenvalue weighted by atomic mass is 19.2. The molecule has 0 atom stereocenters. The van der Waals surface area contributed by atoms with Crippen molar-refractivity contribution in [3.63, 3.8) is 0 Å². The second-order valence-corrected chi connectivity index (χ2v) is 4.06. The molecule has 8 heteroatoms.